The number of unbranched alkanes of at least 4 members (excludes halogenated alkanes) is 1. The third-order valence-electron chi connectivity index (χ3n) is 4.04. The minimum atomic E-state index is 0.521. The topological polar surface area (TPSA) is 62.9 Å². The fourth-order valence-electron chi connectivity index (χ4n) is 2.70. The molecule has 0 saturated carbocycles. The van der Waals surface area contributed by atoms with Crippen LogP contribution in [0.25, 0.3) is 11.4 Å². The van der Waals surface area contributed by atoms with Crippen molar-refractivity contribution < 1.29 is 4.74 Å². The molecule has 1 N–H and O–H groups in total. The maximum absolute atomic E-state index is 8.56. The molecule has 1 heterocycles. The van der Waals surface area contributed by atoms with E-state index in [2.05, 4.69) is 40.6 Å². The van der Waals surface area contributed by atoms with Crippen LogP contribution >= 0.6 is 0 Å². The van der Waals surface area contributed by atoms with Gasteiger partial charge in [0.15, 0.2) is 0 Å². The van der Waals surface area contributed by atoms with E-state index in [0.29, 0.717) is 19.6 Å². The van der Waals surface area contributed by atoms with Crippen molar-refractivity contribution in [2.75, 3.05) is 11.9 Å². The third kappa shape index (κ3) is 4.64. The number of rotatable bonds is 8. The number of aryl methyl sites for hydroxylation is 1. The van der Waals surface area contributed by atoms with Gasteiger partial charge in [-0.2, -0.15) is 5.26 Å². The maximum atomic E-state index is 8.56. The molecule has 0 saturated heterocycles. The molecule has 26 heavy (non-hydrogen) atoms. The molecule has 0 spiro atoms. The summed E-state index contributed by atoms with van der Waals surface area (Å²) in [6, 6.07) is 18.4. The van der Waals surface area contributed by atoms with E-state index in [4.69, 9.17) is 10.00 Å². The summed E-state index contributed by atoms with van der Waals surface area (Å²) >= 11 is 0. The van der Waals surface area contributed by atoms with E-state index in [0.717, 1.165) is 34.8 Å². The zero-order valence-corrected chi connectivity index (χ0v) is 14.9. The molecule has 0 amide bonds. The number of ether oxygens (including phenoxy) is 1. The number of anilines is 1. The zero-order valence-electron chi connectivity index (χ0n) is 14.9. The number of hydrogen-bond donors (Lipinski definition) is 1. The van der Waals surface area contributed by atoms with Gasteiger partial charge in [-0.3, -0.25) is 0 Å². The van der Waals surface area contributed by atoms with Crippen LogP contribution in [0.3, 0.4) is 0 Å². The van der Waals surface area contributed by atoms with Gasteiger partial charge in [0.25, 0.3) is 0 Å². The summed E-state index contributed by atoms with van der Waals surface area (Å²) in [5.41, 5.74) is 3.27. The highest BCUT2D eigenvalue weighted by Gasteiger charge is 2.04. The van der Waals surface area contributed by atoms with Gasteiger partial charge in [-0.15, -0.1) is 0 Å². The molecule has 0 unspecified atom stereocenters. The molecule has 0 bridgehead atoms. The van der Waals surface area contributed by atoms with Crippen molar-refractivity contribution in [3.63, 3.8) is 0 Å². The summed E-state index contributed by atoms with van der Waals surface area (Å²) in [6.45, 7) is 1.27. The van der Waals surface area contributed by atoms with Crippen molar-refractivity contribution in [1.29, 1.82) is 5.26 Å². The Hall–Kier alpha value is -3.26. The monoisotopic (exact) mass is 346 g/mol. The number of benzene rings is 2. The molecule has 5 heteroatoms. The van der Waals surface area contributed by atoms with Crippen LogP contribution in [0, 0.1) is 11.3 Å². The first-order valence-corrected chi connectivity index (χ1v) is 8.66. The van der Waals surface area contributed by atoms with Crippen LogP contribution in [-0.4, -0.2) is 16.2 Å². The Morgan fingerprint density at radius 3 is 2.88 bits per heavy atom. The predicted molar refractivity (Wildman–Crippen MR) is 103 cm³/mol. The van der Waals surface area contributed by atoms with E-state index in [9.17, 15) is 0 Å². The lowest BCUT2D eigenvalue weighted by Gasteiger charge is -2.10. The van der Waals surface area contributed by atoms with E-state index in [1.165, 1.54) is 0 Å². The van der Waals surface area contributed by atoms with Gasteiger partial charge in [0.2, 0.25) is 0 Å². The number of aromatic nitrogens is 2. The molecule has 0 aliphatic heterocycles. The normalized spacial score (nSPS) is 10.3. The predicted octanol–water partition coefficient (Wildman–Crippen LogP) is 4.38. The van der Waals surface area contributed by atoms with Crippen LogP contribution < -0.4 is 10.1 Å². The summed E-state index contributed by atoms with van der Waals surface area (Å²) in [6.07, 6.45) is 5.02. The fourth-order valence-corrected chi connectivity index (χ4v) is 2.70. The van der Waals surface area contributed by atoms with Crippen LogP contribution in [0.4, 0.5) is 5.69 Å². The third-order valence-corrected chi connectivity index (χ3v) is 4.04. The summed E-state index contributed by atoms with van der Waals surface area (Å²) < 4.78 is 7.70. The standard InChI is InChI=1S/C21H22N4O/c1-25-12-11-23-21(25)18-7-5-8-19(15-18)24-16-17-6-4-9-20(14-17)26-13-3-2-10-22/h4-9,11-12,14-15,24H,2-3,13,16H2,1H3. The minimum absolute atomic E-state index is 0.521. The number of imidazole rings is 1. The number of hydrogen-bond acceptors (Lipinski definition) is 4. The van der Waals surface area contributed by atoms with Crippen molar-refractivity contribution in [3.8, 4) is 23.2 Å². The van der Waals surface area contributed by atoms with Gasteiger partial charge in [-0.25, -0.2) is 4.98 Å². The quantitative estimate of drug-likeness (QED) is 0.615. The van der Waals surface area contributed by atoms with Crippen molar-refractivity contribution in [2.45, 2.75) is 19.4 Å². The molecular weight excluding hydrogens is 324 g/mol. The molecule has 5 nitrogen and oxygen atoms in total. The zero-order chi connectivity index (χ0) is 18.2. The second-order valence-corrected chi connectivity index (χ2v) is 6.05. The van der Waals surface area contributed by atoms with Crippen molar-refractivity contribution in [3.05, 3.63) is 66.5 Å². The summed E-state index contributed by atoms with van der Waals surface area (Å²) in [5.74, 6) is 1.78. The van der Waals surface area contributed by atoms with Crippen LogP contribution in [-0.2, 0) is 13.6 Å². The molecule has 2 aromatic carbocycles. The van der Waals surface area contributed by atoms with Gasteiger partial charge in [-0.05, 0) is 36.2 Å². The van der Waals surface area contributed by atoms with E-state index in [1.807, 2.05) is 42.1 Å². The first kappa shape index (κ1) is 17.6. The molecule has 0 aliphatic rings. The van der Waals surface area contributed by atoms with Crippen molar-refractivity contribution in [1.82, 2.24) is 9.55 Å². The second kappa shape index (κ2) is 8.72. The fraction of sp³-hybridized carbons (Fsp3) is 0.238. The smallest absolute Gasteiger partial charge is 0.139 e. The minimum Gasteiger partial charge on any atom is -0.494 e. The summed E-state index contributed by atoms with van der Waals surface area (Å²) in [4.78, 5) is 4.40. The largest absolute Gasteiger partial charge is 0.494 e. The van der Waals surface area contributed by atoms with E-state index in [1.54, 1.807) is 6.20 Å². The van der Waals surface area contributed by atoms with Crippen LogP contribution in [0.15, 0.2) is 60.9 Å². The van der Waals surface area contributed by atoms with Crippen LogP contribution in [0.1, 0.15) is 18.4 Å². The van der Waals surface area contributed by atoms with Crippen molar-refractivity contribution >= 4 is 5.69 Å². The van der Waals surface area contributed by atoms with Crippen molar-refractivity contribution in [2.24, 2.45) is 7.05 Å². The highest BCUT2D eigenvalue weighted by molar-refractivity contribution is 5.62. The van der Waals surface area contributed by atoms with E-state index >= 15 is 0 Å². The average Bonchev–Trinajstić information content (AvgIpc) is 3.10. The molecule has 0 aliphatic carbocycles. The van der Waals surface area contributed by atoms with Gasteiger partial charge < -0.3 is 14.6 Å². The molecule has 0 fully saturated rings. The highest BCUT2D eigenvalue weighted by atomic mass is 16.5. The van der Waals surface area contributed by atoms with E-state index < -0.39 is 0 Å². The molecule has 132 valence electrons. The first-order chi connectivity index (χ1) is 12.8. The molecule has 0 atom stereocenters. The second-order valence-electron chi connectivity index (χ2n) is 6.05. The Labute approximate surface area is 153 Å². The maximum Gasteiger partial charge on any atom is 0.139 e. The summed E-state index contributed by atoms with van der Waals surface area (Å²) in [7, 11) is 1.99. The Balaban J connectivity index is 1.61. The Morgan fingerprint density at radius 2 is 2.08 bits per heavy atom. The van der Waals surface area contributed by atoms with E-state index in [-0.39, 0.29) is 0 Å². The van der Waals surface area contributed by atoms with Gasteiger partial charge in [0.1, 0.15) is 11.6 Å². The first-order valence-electron chi connectivity index (χ1n) is 8.66. The molecule has 3 aromatic rings. The Morgan fingerprint density at radius 1 is 1.19 bits per heavy atom. The molecule has 1 aromatic heterocycles. The average molecular weight is 346 g/mol. The number of nitrogens with zero attached hydrogens (tertiary/aromatic N) is 3. The lowest BCUT2D eigenvalue weighted by molar-refractivity contribution is 0.312. The molecule has 3 rings (SSSR count). The highest BCUT2D eigenvalue weighted by Crippen LogP contribution is 2.21. The molecule has 0 radical (unpaired) electrons. The number of nitrogens with one attached hydrogen (secondary N) is 1. The van der Waals surface area contributed by atoms with Gasteiger partial charge in [-0.1, -0.05) is 24.3 Å². The lowest BCUT2D eigenvalue weighted by Crippen LogP contribution is -2.01. The SMILES string of the molecule is Cn1ccnc1-c1cccc(NCc2cccc(OCCCC#N)c2)c1. The van der Waals surface area contributed by atoms with Gasteiger partial charge in [0.05, 0.1) is 12.7 Å². The van der Waals surface area contributed by atoms with Gasteiger partial charge >= 0.3 is 0 Å². The summed E-state index contributed by atoms with van der Waals surface area (Å²) in [5, 5.41) is 12.0. The lowest BCUT2D eigenvalue weighted by atomic mass is 10.1. The Bertz CT molecular complexity index is 895. The molecular formula is C21H22N4O. The Kier molecular flexibility index (Phi) is 5.89. The van der Waals surface area contributed by atoms with Gasteiger partial charge in [0, 0.05) is 43.7 Å². The van der Waals surface area contributed by atoms with Crippen LogP contribution in [0.5, 0.6) is 5.75 Å². The van der Waals surface area contributed by atoms with Crippen LogP contribution in [0.2, 0.25) is 0 Å². The number of nitriles is 1.